The number of rotatable bonds is 4. The number of nitrogens with zero attached hydrogens (tertiary/aromatic N) is 2. The maximum Gasteiger partial charge on any atom is 0.137 e. The Hall–Kier alpha value is -2.13. The summed E-state index contributed by atoms with van der Waals surface area (Å²) in [7, 11) is 0. The zero-order valence-corrected chi connectivity index (χ0v) is 12.6. The van der Waals surface area contributed by atoms with Gasteiger partial charge in [-0.2, -0.15) is 0 Å². The number of aromatic nitrogens is 2. The summed E-state index contributed by atoms with van der Waals surface area (Å²) >= 11 is 0. The Bertz CT molecular complexity index is 754. The minimum atomic E-state index is 0.641. The molecular weight excluding hydrogens is 258 g/mol. The van der Waals surface area contributed by atoms with E-state index in [-0.39, 0.29) is 0 Å². The molecule has 0 aliphatic rings. The number of imidazole rings is 1. The lowest BCUT2D eigenvalue weighted by atomic mass is 10.1. The van der Waals surface area contributed by atoms with Gasteiger partial charge in [0.2, 0.25) is 0 Å². The highest BCUT2D eigenvalue weighted by Crippen LogP contribution is 2.18. The SMILES string of the molecule is Cc1ccc(Cc2nc3cc(C)ccn3c2CCN)cc1. The molecule has 1 aromatic carbocycles. The van der Waals surface area contributed by atoms with Crippen LogP contribution in [0.3, 0.4) is 0 Å². The highest BCUT2D eigenvalue weighted by Gasteiger charge is 2.12. The second-order valence-electron chi connectivity index (χ2n) is 5.64. The first kappa shape index (κ1) is 13.8. The van der Waals surface area contributed by atoms with Crippen LogP contribution in [-0.2, 0) is 12.8 Å². The minimum Gasteiger partial charge on any atom is -0.330 e. The van der Waals surface area contributed by atoms with Crippen molar-refractivity contribution in [3.8, 4) is 0 Å². The Morgan fingerprint density at radius 2 is 1.81 bits per heavy atom. The Kier molecular flexibility index (Phi) is 3.76. The van der Waals surface area contributed by atoms with Crippen molar-refractivity contribution < 1.29 is 0 Å². The average molecular weight is 279 g/mol. The fourth-order valence-corrected chi connectivity index (χ4v) is 2.69. The molecular formula is C18H21N3. The Morgan fingerprint density at radius 1 is 1.05 bits per heavy atom. The molecule has 0 fully saturated rings. The second kappa shape index (κ2) is 5.70. The molecule has 0 radical (unpaired) electrons. The topological polar surface area (TPSA) is 43.3 Å². The molecule has 0 bridgehead atoms. The van der Waals surface area contributed by atoms with Gasteiger partial charge in [-0.25, -0.2) is 4.98 Å². The van der Waals surface area contributed by atoms with Gasteiger partial charge in [-0.05, 0) is 43.7 Å². The van der Waals surface area contributed by atoms with E-state index in [0.717, 1.165) is 24.2 Å². The van der Waals surface area contributed by atoms with Gasteiger partial charge in [0, 0.05) is 24.7 Å². The summed E-state index contributed by atoms with van der Waals surface area (Å²) in [5, 5.41) is 0. The lowest BCUT2D eigenvalue weighted by Crippen LogP contribution is -2.07. The first-order chi connectivity index (χ1) is 10.2. The Morgan fingerprint density at radius 3 is 2.52 bits per heavy atom. The lowest BCUT2D eigenvalue weighted by Gasteiger charge is -2.04. The molecule has 3 heteroatoms. The summed E-state index contributed by atoms with van der Waals surface area (Å²) in [6.45, 7) is 4.84. The van der Waals surface area contributed by atoms with E-state index in [1.807, 2.05) is 0 Å². The number of fused-ring (bicyclic) bond motifs is 1. The van der Waals surface area contributed by atoms with E-state index in [1.54, 1.807) is 0 Å². The lowest BCUT2D eigenvalue weighted by molar-refractivity contribution is 0.882. The predicted octanol–water partition coefficient (Wildman–Crippen LogP) is 3.04. The second-order valence-corrected chi connectivity index (χ2v) is 5.64. The molecule has 0 saturated heterocycles. The number of pyridine rings is 1. The van der Waals surface area contributed by atoms with Crippen molar-refractivity contribution in [1.29, 1.82) is 0 Å². The van der Waals surface area contributed by atoms with Crippen LogP contribution in [-0.4, -0.2) is 15.9 Å². The summed E-state index contributed by atoms with van der Waals surface area (Å²) in [5.74, 6) is 0. The van der Waals surface area contributed by atoms with Gasteiger partial charge in [-0.3, -0.25) is 0 Å². The first-order valence-electron chi connectivity index (χ1n) is 7.39. The molecule has 0 amide bonds. The number of hydrogen-bond donors (Lipinski definition) is 1. The van der Waals surface area contributed by atoms with Crippen molar-refractivity contribution in [2.75, 3.05) is 6.54 Å². The molecule has 0 atom stereocenters. The number of hydrogen-bond acceptors (Lipinski definition) is 2. The highest BCUT2D eigenvalue weighted by molar-refractivity contribution is 5.46. The molecule has 0 aliphatic heterocycles. The van der Waals surface area contributed by atoms with Gasteiger partial charge in [0.05, 0.1) is 5.69 Å². The van der Waals surface area contributed by atoms with Crippen LogP contribution in [0, 0.1) is 13.8 Å². The molecule has 3 nitrogen and oxygen atoms in total. The summed E-state index contributed by atoms with van der Waals surface area (Å²) in [6, 6.07) is 12.9. The zero-order chi connectivity index (χ0) is 14.8. The normalized spacial score (nSPS) is 11.2. The van der Waals surface area contributed by atoms with Crippen LogP contribution < -0.4 is 5.73 Å². The van der Waals surface area contributed by atoms with Crippen LogP contribution in [0.1, 0.15) is 28.1 Å². The van der Waals surface area contributed by atoms with Gasteiger partial charge in [0.1, 0.15) is 5.65 Å². The van der Waals surface area contributed by atoms with Crippen LogP contribution in [0.4, 0.5) is 0 Å². The monoisotopic (exact) mass is 279 g/mol. The van der Waals surface area contributed by atoms with Gasteiger partial charge in [-0.15, -0.1) is 0 Å². The van der Waals surface area contributed by atoms with Crippen molar-refractivity contribution in [1.82, 2.24) is 9.38 Å². The van der Waals surface area contributed by atoms with Crippen LogP contribution in [0.5, 0.6) is 0 Å². The molecule has 3 aromatic rings. The molecule has 0 unspecified atom stereocenters. The van der Waals surface area contributed by atoms with E-state index >= 15 is 0 Å². The molecule has 2 aromatic heterocycles. The van der Waals surface area contributed by atoms with E-state index in [0.29, 0.717) is 6.54 Å². The molecule has 0 aliphatic carbocycles. The fraction of sp³-hybridized carbons (Fsp3) is 0.278. The van der Waals surface area contributed by atoms with Gasteiger partial charge in [-0.1, -0.05) is 29.8 Å². The van der Waals surface area contributed by atoms with Gasteiger partial charge in [0.25, 0.3) is 0 Å². The van der Waals surface area contributed by atoms with Gasteiger partial charge < -0.3 is 10.1 Å². The maximum atomic E-state index is 5.78. The molecule has 21 heavy (non-hydrogen) atoms. The summed E-state index contributed by atoms with van der Waals surface area (Å²) in [5.41, 5.74) is 13.0. The molecule has 0 saturated carbocycles. The number of nitrogens with two attached hydrogens (primary N) is 1. The van der Waals surface area contributed by atoms with E-state index < -0.39 is 0 Å². The van der Waals surface area contributed by atoms with Crippen molar-refractivity contribution >= 4 is 5.65 Å². The Balaban J connectivity index is 2.03. The third kappa shape index (κ3) is 2.83. The molecule has 0 spiro atoms. The maximum absolute atomic E-state index is 5.78. The molecule has 2 heterocycles. The first-order valence-corrected chi connectivity index (χ1v) is 7.39. The highest BCUT2D eigenvalue weighted by atomic mass is 15.0. The summed E-state index contributed by atoms with van der Waals surface area (Å²) < 4.78 is 2.17. The Labute approximate surface area is 125 Å². The third-order valence-corrected chi connectivity index (χ3v) is 3.84. The van der Waals surface area contributed by atoms with Crippen molar-refractivity contribution in [3.63, 3.8) is 0 Å². The van der Waals surface area contributed by atoms with Crippen LogP contribution >= 0.6 is 0 Å². The molecule has 3 rings (SSSR count). The number of benzene rings is 1. The van der Waals surface area contributed by atoms with E-state index in [4.69, 9.17) is 10.7 Å². The van der Waals surface area contributed by atoms with Crippen LogP contribution in [0.15, 0.2) is 42.6 Å². The predicted molar refractivity (Wildman–Crippen MR) is 86.7 cm³/mol. The smallest absolute Gasteiger partial charge is 0.137 e. The van der Waals surface area contributed by atoms with Gasteiger partial charge >= 0.3 is 0 Å². The minimum absolute atomic E-state index is 0.641. The van der Waals surface area contributed by atoms with Gasteiger partial charge in [0.15, 0.2) is 0 Å². The standard InChI is InChI=1S/C18H21N3/c1-13-3-5-15(6-4-13)12-16-17(7-9-19)21-10-8-14(2)11-18(21)20-16/h3-6,8,10-11H,7,9,12,19H2,1-2H3. The van der Waals surface area contributed by atoms with Crippen molar-refractivity contribution in [2.24, 2.45) is 5.73 Å². The molecule has 108 valence electrons. The van der Waals surface area contributed by atoms with Crippen LogP contribution in [0.2, 0.25) is 0 Å². The van der Waals surface area contributed by atoms with E-state index in [9.17, 15) is 0 Å². The van der Waals surface area contributed by atoms with E-state index in [1.165, 1.54) is 22.4 Å². The molecule has 2 N–H and O–H groups in total. The quantitative estimate of drug-likeness (QED) is 0.797. The summed E-state index contributed by atoms with van der Waals surface area (Å²) in [4.78, 5) is 4.82. The van der Waals surface area contributed by atoms with Crippen molar-refractivity contribution in [3.05, 3.63) is 70.7 Å². The third-order valence-electron chi connectivity index (χ3n) is 3.84. The fourth-order valence-electron chi connectivity index (χ4n) is 2.69. The number of aryl methyl sites for hydroxylation is 2. The largest absolute Gasteiger partial charge is 0.330 e. The van der Waals surface area contributed by atoms with Crippen LogP contribution in [0.25, 0.3) is 5.65 Å². The zero-order valence-electron chi connectivity index (χ0n) is 12.6. The van der Waals surface area contributed by atoms with Crippen molar-refractivity contribution in [2.45, 2.75) is 26.7 Å². The summed E-state index contributed by atoms with van der Waals surface area (Å²) in [6.07, 6.45) is 3.81. The average Bonchev–Trinajstić information content (AvgIpc) is 2.79. The van der Waals surface area contributed by atoms with E-state index in [2.05, 4.69) is 60.8 Å².